The molecule has 2 aliphatic rings. The number of methoxy groups -OCH3 is 2. The smallest absolute Gasteiger partial charge is 0.407 e. The Hall–Kier alpha value is -5.41. The molecular weight excluding hydrogens is 909 g/mol. The number of ether oxygens (including phenoxy) is 8. The zero-order chi connectivity index (χ0) is 48.2. The molecular formula is C45H57F2N3O14S2. The SMILES string of the molecule is CCOC(=O)CCC(=O)c1cc2c(F)c(OCCCOc3c(OC)cc4c(c3F)CN(C(=O)CCC(=O)O[C@@]3(C)SC3CNC(=O)CCOCCNC(=O)OC(C)(C)C)C4)c(OC)cc2s1. The number of alkyl carbamates (subject to hydrolysis) is 1. The van der Waals surface area contributed by atoms with Crippen LogP contribution in [0.1, 0.15) is 93.9 Å². The zero-order valence-electron chi connectivity index (χ0n) is 38.2. The van der Waals surface area contributed by atoms with Gasteiger partial charge in [0.2, 0.25) is 11.8 Å². The molecule has 1 aromatic heterocycles. The zero-order valence-corrected chi connectivity index (χ0v) is 39.8. The maximum Gasteiger partial charge on any atom is 0.407 e. The molecule has 0 aliphatic carbocycles. The van der Waals surface area contributed by atoms with Crippen LogP contribution in [-0.2, 0) is 51.2 Å². The van der Waals surface area contributed by atoms with E-state index < -0.39 is 40.2 Å². The first kappa shape index (κ1) is 51.6. The lowest BCUT2D eigenvalue weighted by Gasteiger charge is -2.19. The number of esters is 2. The largest absolute Gasteiger partial charge is 0.493 e. The lowest BCUT2D eigenvalue weighted by atomic mass is 10.1. The van der Waals surface area contributed by atoms with Gasteiger partial charge in [0.05, 0.1) is 70.2 Å². The first-order chi connectivity index (χ1) is 31.4. The molecule has 2 N–H and O–H groups in total. The van der Waals surface area contributed by atoms with Crippen LogP contribution in [0, 0.1) is 11.6 Å². The second kappa shape index (κ2) is 23.4. The summed E-state index contributed by atoms with van der Waals surface area (Å²) < 4.78 is 75.5. The molecule has 2 aliphatic heterocycles. The van der Waals surface area contributed by atoms with Crippen LogP contribution in [0.25, 0.3) is 10.1 Å². The van der Waals surface area contributed by atoms with Crippen molar-refractivity contribution < 1.29 is 75.4 Å². The second-order valence-electron chi connectivity index (χ2n) is 16.3. The third-order valence-corrected chi connectivity index (χ3v) is 12.7. The van der Waals surface area contributed by atoms with Crippen LogP contribution < -0.4 is 29.6 Å². The van der Waals surface area contributed by atoms with Crippen LogP contribution in [0.2, 0.25) is 0 Å². The number of ketones is 1. The van der Waals surface area contributed by atoms with Gasteiger partial charge in [0.1, 0.15) is 5.60 Å². The summed E-state index contributed by atoms with van der Waals surface area (Å²) >= 11 is 2.45. The molecule has 66 heavy (non-hydrogen) atoms. The van der Waals surface area contributed by atoms with E-state index in [0.717, 1.165) is 11.3 Å². The number of benzene rings is 2. The number of carbonyl (C=O) groups excluding carboxylic acids is 6. The number of thioether (sulfide) groups is 1. The fraction of sp³-hybridized carbons (Fsp3) is 0.556. The molecule has 362 valence electrons. The van der Waals surface area contributed by atoms with Gasteiger partial charge in [0.15, 0.2) is 45.3 Å². The molecule has 2 aromatic carbocycles. The Balaban J connectivity index is 1.02. The number of halogens is 2. The van der Waals surface area contributed by atoms with E-state index in [0.29, 0.717) is 10.3 Å². The van der Waals surface area contributed by atoms with Crippen molar-refractivity contribution in [2.24, 2.45) is 0 Å². The van der Waals surface area contributed by atoms with Gasteiger partial charge in [-0.05, 0) is 52.3 Å². The van der Waals surface area contributed by atoms with Gasteiger partial charge in [-0.25, -0.2) is 13.6 Å². The monoisotopic (exact) mass is 965 g/mol. The molecule has 2 atom stereocenters. The summed E-state index contributed by atoms with van der Waals surface area (Å²) in [6.45, 7) is 9.72. The van der Waals surface area contributed by atoms with E-state index in [1.165, 1.54) is 36.9 Å². The Morgan fingerprint density at radius 1 is 0.833 bits per heavy atom. The number of Topliss-reactive ketones (excluding diaryl/α,β-unsaturated/α-hetero) is 1. The summed E-state index contributed by atoms with van der Waals surface area (Å²) in [7, 11) is 2.72. The van der Waals surface area contributed by atoms with Gasteiger partial charge in [-0.15, -0.1) is 23.1 Å². The number of fused-ring (bicyclic) bond motifs is 2. The Morgan fingerprint density at radius 2 is 1.52 bits per heavy atom. The fourth-order valence-electron chi connectivity index (χ4n) is 6.74. The van der Waals surface area contributed by atoms with Crippen LogP contribution in [0.15, 0.2) is 18.2 Å². The Morgan fingerprint density at radius 3 is 2.20 bits per heavy atom. The van der Waals surface area contributed by atoms with Crippen molar-refractivity contribution in [3.63, 3.8) is 0 Å². The van der Waals surface area contributed by atoms with E-state index >= 15 is 8.78 Å². The first-order valence-electron chi connectivity index (χ1n) is 21.5. The minimum absolute atomic E-state index is 0.0426. The van der Waals surface area contributed by atoms with Crippen LogP contribution in [0.3, 0.4) is 0 Å². The summed E-state index contributed by atoms with van der Waals surface area (Å²) in [5.41, 5.74) is 0.173. The van der Waals surface area contributed by atoms with Crippen molar-refractivity contribution in [2.45, 2.75) is 102 Å². The number of hydrogen-bond donors (Lipinski definition) is 2. The quantitative estimate of drug-likeness (QED) is 0.0301. The van der Waals surface area contributed by atoms with E-state index in [9.17, 15) is 28.8 Å². The minimum Gasteiger partial charge on any atom is -0.493 e. The number of amides is 3. The number of nitrogens with zero attached hydrogens (tertiary/aromatic N) is 1. The second-order valence-corrected chi connectivity index (χ2v) is 19.0. The number of thiophene rings is 1. The van der Waals surface area contributed by atoms with Gasteiger partial charge in [-0.2, -0.15) is 0 Å². The molecule has 0 bridgehead atoms. The molecule has 0 radical (unpaired) electrons. The molecule has 5 rings (SSSR count). The Bertz CT molecular complexity index is 2270. The molecule has 1 unspecified atom stereocenters. The highest BCUT2D eigenvalue weighted by atomic mass is 32.2. The molecule has 0 saturated carbocycles. The average Bonchev–Trinajstić information content (AvgIpc) is 3.54. The topological polar surface area (TPSA) is 204 Å². The van der Waals surface area contributed by atoms with Gasteiger partial charge in [-0.1, -0.05) is 0 Å². The van der Waals surface area contributed by atoms with Crippen molar-refractivity contribution in [3.05, 3.63) is 45.8 Å². The van der Waals surface area contributed by atoms with E-state index in [2.05, 4.69) is 10.6 Å². The molecule has 1 fully saturated rings. The maximum absolute atomic E-state index is 15.9. The third-order valence-electron chi connectivity index (χ3n) is 10.1. The molecule has 21 heteroatoms. The summed E-state index contributed by atoms with van der Waals surface area (Å²) in [6.07, 6.45) is -0.765. The van der Waals surface area contributed by atoms with Crippen molar-refractivity contribution >= 4 is 68.8 Å². The fourth-order valence-corrected chi connectivity index (χ4v) is 8.73. The molecule has 17 nitrogen and oxygen atoms in total. The molecule has 3 aromatic rings. The highest BCUT2D eigenvalue weighted by Gasteiger charge is 2.55. The van der Waals surface area contributed by atoms with E-state index in [4.69, 9.17) is 37.9 Å². The van der Waals surface area contributed by atoms with Crippen LogP contribution >= 0.6 is 23.1 Å². The highest BCUT2D eigenvalue weighted by molar-refractivity contribution is 8.08. The molecule has 1 saturated heterocycles. The third kappa shape index (κ3) is 14.3. The minimum atomic E-state index is -0.854. The van der Waals surface area contributed by atoms with E-state index in [1.54, 1.807) is 46.8 Å². The summed E-state index contributed by atoms with van der Waals surface area (Å²) in [6, 6.07) is 4.58. The van der Waals surface area contributed by atoms with Crippen molar-refractivity contribution in [3.8, 4) is 23.0 Å². The van der Waals surface area contributed by atoms with Crippen LogP contribution in [0.4, 0.5) is 13.6 Å². The standard InChI is InChI=1S/C45H57F2N3O14S2/c1-8-60-37(54)12-10-29(51)33-21-27-32(65-33)22-31(58-7)42(39(27)46)62-17-9-16-61-41-30(57-6)20-26-24-50(25-28(26)40(41)47)36(53)11-13-38(55)63-45(5)34(66-45)23-49-35(52)14-18-59-19-15-48-43(56)64-44(2,3)4/h20-22,34H,8-19,23-25H2,1-7H3,(H,48,56)(H,49,52)/t34?,45-/m0/s1. The van der Waals surface area contributed by atoms with Crippen LogP contribution in [0.5, 0.6) is 23.0 Å². The van der Waals surface area contributed by atoms with Gasteiger partial charge in [0.25, 0.3) is 0 Å². The highest BCUT2D eigenvalue weighted by Crippen LogP contribution is 2.54. The number of rotatable bonds is 25. The van der Waals surface area contributed by atoms with Gasteiger partial charge < -0.3 is 53.4 Å². The number of nitrogens with one attached hydrogen (secondary N) is 2. The summed E-state index contributed by atoms with van der Waals surface area (Å²) in [4.78, 5) is 75.1. The lowest BCUT2D eigenvalue weighted by molar-refractivity contribution is -0.150. The van der Waals surface area contributed by atoms with Crippen molar-refractivity contribution in [1.29, 1.82) is 0 Å². The van der Waals surface area contributed by atoms with E-state index in [1.807, 2.05) is 0 Å². The maximum atomic E-state index is 15.9. The number of hydrogen-bond acceptors (Lipinski definition) is 16. The average molecular weight is 966 g/mol. The van der Waals surface area contributed by atoms with Crippen molar-refractivity contribution in [1.82, 2.24) is 15.5 Å². The van der Waals surface area contributed by atoms with Gasteiger partial charge in [0, 0.05) is 73.6 Å². The lowest BCUT2D eigenvalue weighted by Crippen LogP contribution is -2.34. The number of carbonyl (C=O) groups is 6. The van der Waals surface area contributed by atoms with Gasteiger partial charge >= 0.3 is 18.0 Å². The Labute approximate surface area is 389 Å². The van der Waals surface area contributed by atoms with Gasteiger partial charge in [-0.3, -0.25) is 24.0 Å². The Kier molecular flexibility index (Phi) is 18.2. The predicted octanol–water partition coefficient (Wildman–Crippen LogP) is 6.62. The molecule has 3 amide bonds. The van der Waals surface area contributed by atoms with Crippen molar-refractivity contribution in [2.75, 3.05) is 60.3 Å². The molecule has 3 heterocycles. The predicted molar refractivity (Wildman–Crippen MR) is 239 cm³/mol. The summed E-state index contributed by atoms with van der Waals surface area (Å²) in [5.74, 6) is -3.52. The summed E-state index contributed by atoms with van der Waals surface area (Å²) in [5, 5.41) is 5.35. The van der Waals surface area contributed by atoms with E-state index in [-0.39, 0.29) is 159 Å². The van der Waals surface area contributed by atoms with Crippen LogP contribution in [-0.4, -0.2) is 117 Å². The molecule has 0 spiro atoms. The first-order valence-corrected chi connectivity index (χ1v) is 23.2. The normalized spacial score (nSPS) is 16.3.